The van der Waals surface area contributed by atoms with Gasteiger partial charge in [-0.1, -0.05) is 6.92 Å². The van der Waals surface area contributed by atoms with Gasteiger partial charge in [-0.25, -0.2) is 8.78 Å². The summed E-state index contributed by atoms with van der Waals surface area (Å²) in [7, 11) is 1.93. The normalized spacial score (nSPS) is 39.0. The van der Waals surface area contributed by atoms with Crippen molar-refractivity contribution in [3.8, 4) is 0 Å². The summed E-state index contributed by atoms with van der Waals surface area (Å²) in [5.41, 5.74) is 4.37. The second-order valence-electron chi connectivity index (χ2n) is 3.83. The van der Waals surface area contributed by atoms with E-state index >= 15 is 0 Å². The number of rotatable bonds is 1. The fourth-order valence-electron chi connectivity index (χ4n) is 1.68. The summed E-state index contributed by atoms with van der Waals surface area (Å²) in [5, 5.41) is 0. The Morgan fingerprint density at radius 3 is 2.58 bits per heavy atom. The van der Waals surface area contributed by atoms with Crippen molar-refractivity contribution in [1.29, 1.82) is 0 Å². The average molecular weight is 178 g/mol. The van der Waals surface area contributed by atoms with Gasteiger partial charge in [-0.3, -0.25) is 0 Å². The van der Waals surface area contributed by atoms with Crippen molar-refractivity contribution in [1.82, 2.24) is 4.90 Å². The molecule has 1 aliphatic heterocycles. The highest BCUT2D eigenvalue weighted by molar-refractivity contribution is 4.96. The van der Waals surface area contributed by atoms with Crippen LogP contribution in [0.4, 0.5) is 8.78 Å². The lowest BCUT2D eigenvalue weighted by Crippen LogP contribution is -2.60. The van der Waals surface area contributed by atoms with Crippen LogP contribution in [0.15, 0.2) is 0 Å². The van der Waals surface area contributed by atoms with Crippen molar-refractivity contribution in [2.45, 2.75) is 25.3 Å². The van der Waals surface area contributed by atoms with Crippen LogP contribution >= 0.6 is 0 Å². The van der Waals surface area contributed by atoms with E-state index in [2.05, 4.69) is 0 Å². The van der Waals surface area contributed by atoms with Crippen LogP contribution in [0.25, 0.3) is 0 Å². The summed E-state index contributed by atoms with van der Waals surface area (Å²) in [6.45, 7) is 3.13. The smallest absolute Gasteiger partial charge is 0.256 e. The zero-order valence-corrected chi connectivity index (χ0v) is 7.56. The maximum atomic E-state index is 12.5. The van der Waals surface area contributed by atoms with Crippen LogP contribution in [0.3, 0.4) is 0 Å². The second-order valence-corrected chi connectivity index (χ2v) is 3.83. The van der Waals surface area contributed by atoms with Gasteiger partial charge in [0.25, 0.3) is 6.43 Å². The predicted molar refractivity (Wildman–Crippen MR) is 44.2 cm³/mol. The fraction of sp³-hybridized carbons (Fsp3) is 1.00. The van der Waals surface area contributed by atoms with Crippen molar-refractivity contribution in [3.63, 3.8) is 0 Å². The quantitative estimate of drug-likeness (QED) is 0.647. The van der Waals surface area contributed by atoms with Gasteiger partial charge < -0.3 is 10.6 Å². The molecule has 4 heteroatoms. The zero-order chi connectivity index (χ0) is 9.35. The van der Waals surface area contributed by atoms with Gasteiger partial charge in [-0.2, -0.15) is 0 Å². The van der Waals surface area contributed by atoms with Crippen LogP contribution in [0.1, 0.15) is 13.3 Å². The molecular weight excluding hydrogens is 162 g/mol. The minimum atomic E-state index is -2.40. The van der Waals surface area contributed by atoms with Crippen molar-refractivity contribution >= 4 is 0 Å². The zero-order valence-electron chi connectivity index (χ0n) is 7.56. The summed E-state index contributed by atoms with van der Waals surface area (Å²) in [6, 6.07) is 0. The van der Waals surface area contributed by atoms with Crippen LogP contribution in [0.2, 0.25) is 0 Å². The van der Waals surface area contributed by atoms with E-state index in [1.54, 1.807) is 6.92 Å². The maximum absolute atomic E-state index is 12.5. The van der Waals surface area contributed by atoms with E-state index in [-0.39, 0.29) is 5.92 Å². The Bertz CT molecular complexity index is 163. The number of nitrogens with zero attached hydrogens (tertiary/aromatic N) is 1. The van der Waals surface area contributed by atoms with Crippen molar-refractivity contribution in [2.75, 3.05) is 20.1 Å². The molecular formula is C8H16F2N2. The topological polar surface area (TPSA) is 29.3 Å². The molecule has 0 spiro atoms. The Morgan fingerprint density at radius 2 is 2.17 bits per heavy atom. The molecule has 2 atom stereocenters. The third kappa shape index (κ3) is 1.59. The lowest BCUT2D eigenvalue weighted by Gasteiger charge is -2.42. The van der Waals surface area contributed by atoms with E-state index in [0.717, 1.165) is 0 Å². The molecule has 0 bridgehead atoms. The third-order valence-corrected chi connectivity index (χ3v) is 2.84. The lowest BCUT2D eigenvalue weighted by atomic mass is 9.80. The van der Waals surface area contributed by atoms with E-state index < -0.39 is 12.0 Å². The number of halogens is 2. The van der Waals surface area contributed by atoms with Crippen LogP contribution < -0.4 is 5.73 Å². The Kier molecular flexibility index (Phi) is 2.68. The van der Waals surface area contributed by atoms with Gasteiger partial charge in [0.2, 0.25) is 0 Å². The predicted octanol–water partition coefficient (Wildman–Crippen LogP) is 0.921. The highest BCUT2D eigenvalue weighted by Gasteiger charge is 2.43. The molecule has 2 unspecified atom stereocenters. The number of hydrogen-bond donors (Lipinski definition) is 1. The van der Waals surface area contributed by atoms with Crippen LogP contribution in [0, 0.1) is 5.92 Å². The number of hydrogen-bond acceptors (Lipinski definition) is 2. The molecule has 0 saturated carbocycles. The van der Waals surface area contributed by atoms with Crippen molar-refractivity contribution in [3.05, 3.63) is 0 Å². The van der Waals surface area contributed by atoms with Gasteiger partial charge in [0.05, 0.1) is 5.54 Å². The molecule has 0 amide bonds. The molecule has 0 radical (unpaired) electrons. The third-order valence-electron chi connectivity index (χ3n) is 2.84. The molecule has 1 heterocycles. The van der Waals surface area contributed by atoms with E-state index in [1.165, 1.54) is 0 Å². The van der Waals surface area contributed by atoms with Crippen LogP contribution in [-0.4, -0.2) is 37.0 Å². The van der Waals surface area contributed by atoms with Gasteiger partial charge in [0.1, 0.15) is 0 Å². The second kappa shape index (κ2) is 3.26. The molecule has 72 valence electrons. The average Bonchev–Trinajstić information content (AvgIpc) is 1.97. The Balaban J connectivity index is 2.66. The minimum Gasteiger partial charge on any atom is -0.320 e. The molecule has 1 aliphatic rings. The molecule has 1 saturated heterocycles. The lowest BCUT2D eigenvalue weighted by molar-refractivity contribution is -0.0163. The Hall–Kier alpha value is -0.220. The molecule has 1 fully saturated rings. The number of alkyl halides is 2. The van der Waals surface area contributed by atoms with Crippen LogP contribution in [-0.2, 0) is 0 Å². The molecule has 0 aromatic carbocycles. The van der Waals surface area contributed by atoms with E-state index in [9.17, 15) is 8.78 Å². The fourth-order valence-corrected chi connectivity index (χ4v) is 1.68. The summed E-state index contributed by atoms with van der Waals surface area (Å²) in [5.74, 6) is -0.128. The first-order valence-corrected chi connectivity index (χ1v) is 4.22. The molecule has 0 aliphatic carbocycles. The van der Waals surface area contributed by atoms with Crippen LogP contribution in [0.5, 0.6) is 0 Å². The first kappa shape index (κ1) is 9.86. The molecule has 2 N–H and O–H groups in total. The van der Waals surface area contributed by atoms with Gasteiger partial charge >= 0.3 is 0 Å². The minimum absolute atomic E-state index is 0.128. The number of piperidine rings is 1. The maximum Gasteiger partial charge on any atom is 0.256 e. The highest BCUT2D eigenvalue weighted by atomic mass is 19.3. The first-order chi connectivity index (χ1) is 5.47. The SMILES string of the molecule is CC1CN(C)CCC1(N)C(F)F. The summed E-state index contributed by atoms with van der Waals surface area (Å²) < 4.78 is 25.1. The molecule has 1 rings (SSSR count). The Morgan fingerprint density at radius 1 is 1.58 bits per heavy atom. The van der Waals surface area contributed by atoms with Gasteiger partial charge in [0, 0.05) is 6.54 Å². The van der Waals surface area contributed by atoms with E-state index in [1.807, 2.05) is 11.9 Å². The number of nitrogens with two attached hydrogens (primary N) is 1. The summed E-state index contributed by atoms with van der Waals surface area (Å²) >= 11 is 0. The highest BCUT2D eigenvalue weighted by Crippen LogP contribution is 2.30. The van der Waals surface area contributed by atoms with Gasteiger partial charge in [0.15, 0.2) is 0 Å². The largest absolute Gasteiger partial charge is 0.320 e. The number of likely N-dealkylation sites (tertiary alicyclic amines) is 1. The molecule has 0 aromatic heterocycles. The molecule has 12 heavy (non-hydrogen) atoms. The van der Waals surface area contributed by atoms with E-state index in [0.29, 0.717) is 19.5 Å². The monoisotopic (exact) mass is 178 g/mol. The van der Waals surface area contributed by atoms with Gasteiger partial charge in [-0.05, 0) is 25.9 Å². The molecule has 0 aromatic rings. The van der Waals surface area contributed by atoms with Crippen molar-refractivity contribution < 1.29 is 8.78 Å². The first-order valence-electron chi connectivity index (χ1n) is 4.22. The van der Waals surface area contributed by atoms with Gasteiger partial charge in [-0.15, -0.1) is 0 Å². The summed E-state index contributed by atoms with van der Waals surface area (Å²) in [6.07, 6.45) is -2.01. The molecule has 2 nitrogen and oxygen atoms in total. The Labute approximate surface area is 71.7 Å². The standard InChI is InChI=1S/C8H16F2N2/c1-6-5-12(2)4-3-8(6,11)7(9)10/h6-7H,3-5,11H2,1-2H3. The van der Waals surface area contributed by atoms with Crippen molar-refractivity contribution in [2.24, 2.45) is 11.7 Å². The summed E-state index contributed by atoms with van der Waals surface area (Å²) in [4.78, 5) is 2.04. The van der Waals surface area contributed by atoms with E-state index in [4.69, 9.17) is 5.73 Å².